The van der Waals surface area contributed by atoms with Gasteiger partial charge in [0.15, 0.2) is 0 Å². The van der Waals surface area contributed by atoms with Gasteiger partial charge in [-0.2, -0.15) is 0 Å². The van der Waals surface area contributed by atoms with E-state index >= 15 is 0 Å². The van der Waals surface area contributed by atoms with Gasteiger partial charge in [-0.25, -0.2) is 0 Å². The molecule has 0 aliphatic carbocycles. The summed E-state index contributed by atoms with van der Waals surface area (Å²) in [6, 6.07) is 2.94. The zero-order valence-electron chi connectivity index (χ0n) is 10.3. The molecule has 0 saturated carbocycles. The van der Waals surface area contributed by atoms with Crippen LogP contribution >= 0.6 is 0 Å². The zero-order valence-corrected chi connectivity index (χ0v) is 10.3. The first-order chi connectivity index (χ1) is 7.19. The minimum atomic E-state index is 0.316. The molecule has 86 valence electrons. The van der Waals surface area contributed by atoms with Crippen LogP contribution in [0.1, 0.15) is 57.4 Å². The molecule has 2 heteroatoms. The van der Waals surface area contributed by atoms with Crippen LogP contribution < -0.4 is 5.32 Å². The minimum absolute atomic E-state index is 0.316. The molecule has 0 saturated heterocycles. The molecule has 1 heterocycles. The molecule has 0 aromatic carbocycles. The summed E-state index contributed by atoms with van der Waals surface area (Å²) in [6.45, 7) is 8.73. The van der Waals surface area contributed by atoms with E-state index in [1.807, 2.05) is 6.07 Å². The predicted molar refractivity (Wildman–Crippen MR) is 64.0 cm³/mol. The van der Waals surface area contributed by atoms with Gasteiger partial charge >= 0.3 is 0 Å². The second-order valence-electron chi connectivity index (χ2n) is 4.25. The molecule has 0 aliphatic heterocycles. The van der Waals surface area contributed by atoms with E-state index in [-0.39, 0.29) is 0 Å². The molecule has 0 fully saturated rings. The maximum atomic E-state index is 5.49. The number of aryl methyl sites for hydroxylation is 1. The van der Waals surface area contributed by atoms with E-state index in [1.54, 1.807) is 6.26 Å². The van der Waals surface area contributed by atoms with Gasteiger partial charge in [-0.3, -0.25) is 0 Å². The van der Waals surface area contributed by atoms with Crippen LogP contribution in [0.15, 0.2) is 16.7 Å². The summed E-state index contributed by atoms with van der Waals surface area (Å²) in [5.74, 6) is 1.07. The maximum absolute atomic E-state index is 5.49. The van der Waals surface area contributed by atoms with Crippen molar-refractivity contribution in [3.05, 3.63) is 23.7 Å². The smallest absolute Gasteiger partial charge is 0.123 e. The average molecular weight is 209 g/mol. The Hall–Kier alpha value is -0.760. The molecule has 0 spiro atoms. The summed E-state index contributed by atoms with van der Waals surface area (Å²) in [5, 5.41) is 3.62. The highest BCUT2D eigenvalue weighted by atomic mass is 16.3. The Morgan fingerprint density at radius 2 is 2.13 bits per heavy atom. The van der Waals surface area contributed by atoms with Crippen molar-refractivity contribution in [2.45, 2.75) is 59.0 Å². The molecule has 0 amide bonds. The standard InChI is InChI=1S/C13H23NO/c1-5-7-12(6-2)14-11(4)13-10(3)8-9-15-13/h8-9,11-12,14H,5-7H2,1-4H3. The molecular formula is C13H23NO. The maximum Gasteiger partial charge on any atom is 0.123 e. The van der Waals surface area contributed by atoms with Gasteiger partial charge < -0.3 is 9.73 Å². The molecule has 0 bridgehead atoms. The number of hydrogen-bond acceptors (Lipinski definition) is 2. The summed E-state index contributed by atoms with van der Waals surface area (Å²) < 4.78 is 5.49. The highest BCUT2D eigenvalue weighted by molar-refractivity contribution is 5.17. The number of furan rings is 1. The zero-order chi connectivity index (χ0) is 11.3. The minimum Gasteiger partial charge on any atom is -0.467 e. The van der Waals surface area contributed by atoms with Crippen LogP contribution in [0.25, 0.3) is 0 Å². The van der Waals surface area contributed by atoms with Crippen molar-refractivity contribution >= 4 is 0 Å². The summed E-state index contributed by atoms with van der Waals surface area (Å²) in [4.78, 5) is 0. The molecule has 2 unspecified atom stereocenters. The summed E-state index contributed by atoms with van der Waals surface area (Å²) in [7, 11) is 0. The van der Waals surface area contributed by atoms with Crippen LogP contribution in [0.5, 0.6) is 0 Å². The third-order valence-electron chi connectivity index (χ3n) is 2.91. The fourth-order valence-electron chi connectivity index (χ4n) is 2.01. The topological polar surface area (TPSA) is 25.2 Å². The Morgan fingerprint density at radius 3 is 2.60 bits per heavy atom. The number of nitrogens with one attached hydrogen (secondary N) is 1. The Balaban J connectivity index is 2.54. The first-order valence-electron chi connectivity index (χ1n) is 5.99. The lowest BCUT2D eigenvalue weighted by atomic mass is 10.1. The SMILES string of the molecule is CCCC(CC)NC(C)c1occc1C. The highest BCUT2D eigenvalue weighted by Crippen LogP contribution is 2.19. The first kappa shape index (κ1) is 12.3. The van der Waals surface area contributed by atoms with Crippen molar-refractivity contribution in [3.63, 3.8) is 0 Å². The molecule has 15 heavy (non-hydrogen) atoms. The van der Waals surface area contributed by atoms with Crippen molar-refractivity contribution < 1.29 is 4.42 Å². The Morgan fingerprint density at radius 1 is 1.40 bits per heavy atom. The molecule has 0 radical (unpaired) electrons. The van der Waals surface area contributed by atoms with E-state index in [2.05, 4.69) is 33.0 Å². The van der Waals surface area contributed by atoms with Crippen LogP contribution in [0, 0.1) is 6.92 Å². The van der Waals surface area contributed by atoms with Crippen molar-refractivity contribution in [1.29, 1.82) is 0 Å². The van der Waals surface area contributed by atoms with E-state index in [1.165, 1.54) is 24.8 Å². The monoisotopic (exact) mass is 209 g/mol. The lowest BCUT2D eigenvalue weighted by molar-refractivity contribution is 0.366. The Kier molecular flexibility index (Phi) is 4.89. The van der Waals surface area contributed by atoms with Gasteiger partial charge in [-0.05, 0) is 38.3 Å². The molecular weight excluding hydrogens is 186 g/mol. The summed E-state index contributed by atoms with van der Waals surface area (Å²) >= 11 is 0. The van der Waals surface area contributed by atoms with Crippen LogP contribution in [0.4, 0.5) is 0 Å². The fraction of sp³-hybridized carbons (Fsp3) is 0.692. The van der Waals surface area contributed by atoms with Crippen LogP contribution in [0.3, 0.4) is 0 Å². The van der Waals surface area contributed by atoms with Gasteiger partial charge in [0.05, 0.1) is 12.3 Å². The van der Waals surface area contributed by atoms with Gasteiger partial charge in [0, 0.05) is 6.04 Å². The Bertz CT molecular complexity index is 280. The lowest BCUT2D eigenvalue weighted by Crippen LogP contribution is -2.30. The van der Waals surface area contributed by atoms with E-state index in [0.29, 0.717) is 12.1 Å². The normalized spacial score (nSPS) is 15.2. The van der Waals surface area contributed by atoms with Crippen LogP contribution in [-0.4, -0.2) is 6.04 Å². The average Bonchev–Trinajstić information content (AvgIpc) is 2.63. The molecule has 0 aliphatic rings. The quantitative estimate of drug-likeness (QED) is 0.770. The summed E-state index contributed by atoms with van der Waals surface area (Å²) in [5.41, 5.74) is 1.24. The molecule has 2 nitrogen and oxygen atoms in total. The van der Waals surface area contributed by atoms with Crippen molar-refractivity contribution in [2.24, 2.45) is 0 Å². The molecule has 1 aromatic heterocycles. The molecule has 1 N–H and O–H groups in total. The lowest BCUT2D eigenvalue weighted by Gasteiger charge is -2.21. The molecule has 2 atom stereocenters. The van der Waals surface area contributed by atoms with Gasteiger partial charge in [-0.1, -0.05) is 20.3 Å². The number of rotatable bonds is 6. The second-order valence-corrected chi connectivity index (χ2v) is 4.25. The molecule has 1 aromatic rings. The van der Waals surface area contributed by atoms with E-state index in [9.17, 15) is 0 Å². The van der Waals surface area contributed by atoms with Gasteiger partial charge in [0.25, 0.3) is 0 Å². The Labute approximate surface area is 93.1 Å². The molecule has 1 rings (SSSR count). The van der Waals surface area contributed by atoms with E-state index in [4.69, 9.17) is 4.42 Å². The van der Waals surface area contributed by atoms with Gasteiger partial charge in [-0.15, -0.1) is 0 Å². The summed E-state index contributed by atoms with van der Waals surface area (Å²) in [6.07, 6.45) is 5.41. The van der Waals surface area contributed by atoms with Crippen LogP contribution in [0.2, 0.25) is 0 Å². The van der Waals surface area contributed by atoms with Crippen molar-refractivity contribution in [3.8, 4) is 0 Å². The second kappa shape index (κ2) is 5.96. The third-order valence-corrected chi connectivity index (χ3v) is 2.91. The van der Waals surface area contributed by atoms with E-state index in [0.717, 1.165) is 5.76 Å². The largest absolute Gasteiger partial charge is 0.467 e. The van der Waals surface area contributed by atoms with Crippen molar-refractivity contribution in [2.75, 3.05) is 0 Å². The first-order valence-corrected chi connectivity index (χ1v) is 5.99. The van der Waals surface area contributed by atoms with Gasteiger partial charge in [0.2, 0.25) is 0 Å². The van der Waals surface area contributed by atoms with Gasteiger partial charge in [0.1, 0.15) is 5.76 Å². The highest BCUT2D eigenvalue weighted by Gasteiger charge is 2.15. The third kappa shape index (κ3) is 3.38. The number of hydrogen-bond donors (Lipinski definition) is 1. The van der Waals surface area contributed by atoms with E-state index < -0.39 is 0 Å². The van der Waals surface area contributed by atoms with Crippen LogP contribution in [-0.2, 0) is 0 Å². The predicted octanol–water partition coefficient (Wildman–Crippen LogP) is 3.82. The fourth-order valence-corrected chi connectivity index (χ4v) is 2.01. The van der Waals surface area contributed by atoms with Crippen molar-refractivity contribution in [1.82, 2.24) is 5.32 Å².